The highest BCUT2D eigenvalue weighted by Crippen LogP contribution is 2.21. The van der Waals surface area contributed by atoms with Crippen LogP contribution in [-0.4, -0.2) is 48.3 Å². The fourth-order valence-corrected chi connectivity index (χ4v) is 2.71. The third-order valence-corrected chi connectivity index (χ3v) is 4.15. The van der Waals surface area contributed by atoms with Crippen molar-refractivity contribution in [2.75, 3.05) is 26.2 Å². The number of nitrogens with zero attached hydrogens (tertiary/aromatic N) is 1. The van der Waals surface area contributed by atoms with E-state index in [0.717, 1.165) is 26.2 Å². The summed E-state index contributed by atoms with van der Waals surface area (Å²) in [6.07, 6.45) is 3.72. The van der Waals surface area contributed by atoms with Crippen LogP contribution in [0.1, 0.15) is 60.8 Å². The summed E-state index contributed by atoms with van der Waals surface area (Å²) in [5, 5.41) is 3.73. The maximum atomic E-state index is 5.90. The van der Waals surface area contributed by atoms with Gasteiger partial charge in [0.25, 0.3) is 0 Å². The van der Waals surface area contributed by atoms with E-state index in [1.165, 1.54) is 19.3 Å². The lowest BCUT2D eigenvalue weighted by Gasteiger charge is -2.46. The number of hydrogen-bond donors (Lipinski definition) is 1. The lowest BCUT2D eigenvalue weighted by Crippen LogP contribution is -2.63. The topological polar surface area (TPSA) is 24.5 Å². The predicted molar refractivity (Wildman–Crippen MR) is 82.7 cm³/mol. The summed E-state index contributed by atoms with van der Waals surface area (Å²) in [4.78, 5) is 2.63. The van der Waals surface area contributed by atoms with E-state index >= 15 is 0 Å². The standard InChI is InChI=1S/C16H34N2O/c1-7-9-14-12-17-16(6,8-2)13-18(14)10-11-19-15(3,4)5/h14,17H,7-13H2,1-6H3. The van der Waals surface area contributed by atoms with Crippen molar-refractivity contribution in [2.45, 2.75) is 78.0 Å². The van der Waals surface area contributed by atoms with Crippen molar-refractivity contribution in [3.05, 3.63) is 0 Å². The molecule has 1 heterocycles. The van der Waals surface area contributed by atoms with Gasteiger partial charge in [0.1, 0.15) is 0 Å². The molecule has 19 heavy (non-hydrogen) atoms. The maximum Gasteiger partial charge on any atom is 0.0600 e. The van der Waals surface area contributed by atoms with Crippen molar-refractivity contribution in [1.82, 2.24) is 10.2 Å². The molecular formula is C16H34N2O. The molecule has 1 fully saturated rings. The van der Waals surface area contributed by atoms with Gasteiger partial charge in [-0.25, -0.2) is 0 Å². The van der Waals surface area contributed by atoms with E-state index in [2.05, 4.69) is 51.8 Å². The second-order valence-electron chi connectivity index (χ2n) is 7.17. The molecule has 3 nitrogen and oxygen atoms in total. The Kier molecular flexibility index (Phi) is 6.28. The summed E-state index contributed by atoms with van der Waals surface area (Å²) in [7, 11) is 0. The monoisotopic (exact) mass is 270 g/mol. The van der Waals surface area contributed by atoms with E-state index in [9.17, 15) is 0 Å². The highest BCUT2D eigenvalue weighted by molar-refractivity contribution is 4.94. The molecule has 0 bridgehead atoms. The fourth-order valence-electron chi connectivity index (χ4n) is 2.71. The van der Waals surface area contributed by atoms with Crippen molar-refractivity contribution < 1.29 is 4.74 Å². The Bertz CT molecular complexity index is 262. The zero-order valence-electron chi connectivity index (χ0n) is 13.9. The van der Waals surface area contributed by atoms with Crippen LogP contribution in [-0.2, 0) is 4.74 Å². The van der Waals surface area contributed by atoms with Crippen LogP contribution in [0.5, 0.6) is 0 Å². The highest BCUT2D eigenvalue weighted by Gasteiger charge is 2.33. The first-order valence-electron chi connectivity index (χ1n) is 7.92. The summed E-state index contributed by atoms with van der Waals surface area (Å²) in [6, 6.07) is 0.674. The van der Waals surface area contributed by atoms with Gasteiger partial charge in [-0.3, -0.25) is 4.90 Å². The minimum atomic E-state index is -0.0254. The van der Waals surface area contributed by atoms with E-state index in [1.807, 2.05) is 0 Å². The molecule has 114 valence electrons. The SMILES string of the molecule is CCCC1CNC(C)(CC)CN1CCOC(C)(C)C. The van der Waals surface area contributed by atoms with Crippen LogP contribution in [0, 0.1) is 0 Å². The van der Waals surface area contributed by atoms with Gasteiger partial charge >= 0.3 is 0 Å². The average Bonchev–Trinajstić information content (AvgIpc) is 2.31. The molecule has 0 aromatic heterocycles. The molecular weight excluding hydrogens is 236 g/mol. The molecule has 1 N–H and O–H groups in total. The summed E-state index contributed by atoms with van der Waals surface area (Å²) in [5.41, 5.74) is 0.244. The molecule has 0 spiro atoms. The summed E-state index contributed by atoms with van der Waals surface area (Å²) < 4.78 is 5.90. The molecule has 0 aliphatic carbocycles. The van der Waals surface area contributed by atoms with Gasteiger partial charge in [-0.1, -0.05) is 20.3 Å². The first-order valence-corrected chi connectivity index (χ1v) is 7.92. The quantitative estimate of drug-likeness (QED) is 0.803. The first-order chi connectivity index (χ1) is 8.79. The van der Waals surface area contributed by atoms with Crippen LogP contribution in [0.2, 0.25) is 0 Å². The van der Waals surface area contributed by atoms with Crippen LogP contribution in [0.15, 0.2) is 0 Å². The minimum Gasteiger partial charge on any atom is -0.375 e. The number of hydrogen-bond acceptors (Lipinski definition) is 3. The second-order valence-corrected chi connectivity index (χ2v) is 7.17. The smallest absolute Gasteiger partial charge is 0.0600 e. The molecule has 1 aliphatic heterocycles. The van der Waals surface area contributed by atoms with Crippen LogP contribution in [0.3, 0.4) is 0 Å². The third kappa shape index (κ3) is 5.80. The van der Waals surface area contributed by atoms with Crippen LogP contribution in [0.4, 0.5) is 0 Å². The van der Waals surface area contributed by atoms with Gasteiger partial charge in [0.2, 0.25) is 0 Å². The Morgan fingerprint density at radius 3 is 2.53 bits per heavy atom. The zero-order valence-corrected chi connectivity index (χ0v) is 13.9. The Morgan fingerprint density at radius 1 is 1.32 bits per heavy atom. The number of piperazine rings is 1. The normalized spacial score (nSPS) is 29.7. The van der Waals surface area contributed by atoms with Crippen LogP contribution >= 0.6 is 0 Å². The number of rotatable bonds is 6. The molecule has 0 saturated carbocycles. The molecule has 0 amide bonds. The molecule has 0 aromatic rings. The molecule has 2 atom stereocenters. The lowest BCUT2D eigenvalue weighted by atomic mass is 9.92. The largest absolute Gasteiger partial charge is 0.375 e. The Labute approximate surface area is 120 Å². The maximum absolute atomic E-state index is 5.90. The van der Waals surface area contributed by atoms with Crippen LogP contribution in [0.25, 0.3) is 0 Å². The van der Waals surface area contributed by atoms with Crippen molar-refractivity contribution in [1.29, 1.82) is 0 Å². The fraction of sp³-hybridized carbons (Fsp3) is 1.00. The van der Waals surface area contributed by atoms with Gasteiger partial charge in [-0.2, -0.15) is 0 Å². The van der Waals surface area contributed by atoms with E-state index < -0.39 is 0 Å². The highest BCUT2D eigenvalue weighted by atomic mass is 16.5. The van der Waals surface area contributed by atoms with Crippen molar-refractivity contribution in [3.63, 3.8) is 0 Å². The minimum absolute atomic E-state index is 0.0254. The van der Waals surface area contributed by atoms with Crippen molar-refractivity contribution in [3.8, 4) is 0 Å². The third-order valence-electron chi connectivity index (χ3n) is 4.15. The van der Waals surface area contributed by atoms with Crippen LogP contribution < -0.4 is 5.32 Å². The second kappa shape index (κ2) is 7.05. The van der Waals surface area contributed by atoms with Gasteiger partial charge in [0.15, 0.2) is 0 Å². The Balaban J connectivity index is 2.52. The molecule has 2 unspecified atom stereocenters. The molecule has 1 aliphatic rings. The number of nitrogens with one attached hydrogen (secondary N) is 1. The lowest BCUT2D eigenvalue weighted by molar-refractivity contribution is -0.0277. The average molecular weight is 270 g/mol. The van der Waals surface area contributed by atoms with Crippen molar-refractivity contribution in [2.24, 2.45) is 0 Å². The Morgan fingerprint density at radius 2 is 2.00 bits per heavy atom. The number of ether oxygens (including phenoxy) is 1. The summed E-state index contributed by atoms with van der Waals surface area (Å²) in [5.74, 6) is 0. The summed E-state index contributed by atoms with van der Waals surface area (Å²) in [6.45, 7) is 17.4. The molecule has 1 saturated heterocycles. The first kappa shape index (κ1) is 16.9. The van der Waals surface area contributed by atoms with E-state index in [0.29, 0.717) is 6.04 Å². The van der Waals surface area contributed by atoms with Crippen molar-refractivity contribution >= 4 is 0 Å². The predicted octanol–water partition coefficient (Wildman–Crippen LogP) is 3.04. The van der Waals surface area contributed by atoms with Gasteiger partial charge in [-0.15, -0.1) is 0 Å². The van der Waals surface area contributed by atoms with Gasteiger partial charge in [0.05, 0.1) is 12.2 Å². The molecule has 0 radical (unpaired) electrons. The zero-order chi connectivity index (χ0) is 14.5. The molecule has 0 aromatic carbocycles. The van der Waals surface area contributed by atoms with Gasteiger partial charge in [-0.05, 0) is 40.5 Å². The van der Waals surface area contributed by atoms with E-state index in [4.69, 9.17) is 4.74 Å². The van der Waals surface area contributed by atoms with Gasteiger partial charge < -0.3 is 10.1 Å². The Hall–Kier alpha value is -0.120. The van der Waals surface area contributed by atoms with Gasteiger partial charge in [0, 0.05) is 31.2 Å². The van der Waals surface area contributed by atoms with E-state index in [-0.39, 0.29) is 11.1 Å². The summed E-state index contributed by atoms with van der Waals surface area (Å²) >= 11 is 0. The molecule has 3 heteroatoms. The van der Waals surface area contributed by atoms with E-state index in [1.54, 1.807) is 0 Å². The molecule has 1 rings (SSSR count).